The molecule has 1 saturated carbocycles. The lowest BCUT2D eigenvalue weighted by Crippen LogP contribution is -2.53. The highest BCUT2D eigenvalue weighted by atomic mass is 16.4. The van der Waals surface area contributed by atoms with Crippen LogP contribution in [0.3, 0.4) is 0 Å². The number of hydrogen-bond donors (Lipinski definition) is 1. The zero-order chi connectivity index (χ0) is 13.5. The monoisotopic (exact) mass is 250 g/mol. The lowest BCUT2D eigenvalue weighted by molar-refractivity contribution is 0.0413. The highest BCUT2D eigenvalue weighted by Crippen LogP contribution is 2.38. The second-order valence-electron chi connectivity index (χ2n) is 5.65. The van der Waals surface area contributed by atoms with Crippen molar-refractivity contribution in [3.63, 3.8) is 0 Å². The molecule has 1 aliphatic rings. The lowest BCUT2D eigenvalue weighted by Gasteiger charge is -2.48. The molecule has 4 nitrogen and oxygen atoms in total. The van der Waals surface area contributed by atoms with Crippen molar-refractivity contribution in [1.82, 2.24) is 9.47 Å². The second-order valence-corrected chi connectivity index (χ2v) is 5.65. The summed E-state index contributed by atoms with van der Waals surface area (Å²) < 4.78 is 2.16. The van der Waals surface area contributed by atoms with Crippen LogP contribution >= 0.6 is 0 Å². The number of nitrogens with zero attached hydrogens (tertiary/aromatic N) is 2. The predicted molar refractivity (Wildman–Crippen MR) is 71.1 cm³/mol. The molecule has 0 aliphatic heterocycles. The minimum absolute atomic E-state index is 0.213. The Hall–Kier alpha value is -1.29. The number of aromatic carboxylic acids is 1. The van der Waals surface area contributed by atoms with Gasteiger partial charge in [0.1, 0.15) is 0 Å². The molecule has 0 radical (unpaired) electrons. The number of aromatic nitrogens is 1. The molecule has 0 saturated heterocycles. The van der Waals surface area contributed by atoms with Crippen LogP contribution in [0.2, 0.25) is 0 Å². The fourth-order valence-electron chi connectivity index (χ4n) is 2.89. The predicted octanol–water partition coefficient (Wildman–Crippen LogP) is 2.29. The molecule has 1 aromatic rings. The minimum atomic E-state index is -0.832. The number of carboxylic acid groups (broad SMARTS) is 1. The van der Waals surface area contributed by atoms with E-state index >= 15 is 0 Å². The summed E-state index contributed by atoms with van der Waals surface area (Å²) in [5.41, 5.74) is 2.55. The van der Waals surface area contributed by atoms with Gasteiger partial charge in [-0.25, -0.2) is 4.79 Å². The number of carbonyl (C=O) groups is 1. The van der Waals surface area contributed by atoms with E-state index < -0.39 is 5.97 Å². The van der Waals surface area contributed by atoms with E-state index in [0.717, 1.165) is 17.9 Å². The van der Waals surface area contributed by atoms with Gasteiger partial charge in [-0.05, 0) is 53.3 Å². The Balaban J connectivity index is 2.32. The molecule has 4 heteroatoms. The van der Waals surface area contributed by atoms with Crippen LogP contribution < -0.4 is 0 Å². The van der Waals surface area contributed by atoms with Crippen LogP contribution in [0.25, 0.3) is 0 Å². The first-order chi connectivity index (χ1) is 8.37. The van der Waals surface area contributed by atoms with Gasteiger partial charge >= 0.3 is 5.97 Å². The first-order valence-electron chi connectivity index (χ1n) is 6.45. The molecular weight excluding hydrogens is 228 g/mol. The summed E-state index contributed by atoms with van der Waals surface area (Å²) in [6, 6.07) is 1.78. The lowest BCUT2D eigenvalue weighted by atomic mass is 9.75. The van der Waals surface area contributed by atoms with Crippen molar-refractivity contribution < 1.29 is 9.90 Å². The van der Waals surface area contributed by atoms with E-state index in [9.17, 15) is 4.79 Å². The Kier molecular flexibility index (Phi) is 3.23. The molecule has 0 atom stereocenters. The molecule has 1 heterocycles. The van der Waals surface area contributed by atoms with Gasteiger partial charge < -0.3 is 14.6 Å². The maximum atomic E-state index is 11.1. The normalized spacial score (nSPS) is 17.8. The molecular formula is C14H22N2O2. The molecule has 100 valence electrons. The summed E-state index contributed by atoms with van der Waals surface area (Å²) in [7, 11) is 4.23. The minimum Gasteiger partial charge on any atom is -0.478 e. The van der Waals surface area contributed by atoms with Crippen LogP contribution in [0.5, 0.6) is 0 Å². The van der Waals surface area contributed by atoms with Gasteiger partial charge in [0, 0.05) is 23.5 Å². The highest BCUT2D eigenvalue weighted by molar-refractivity contribution is 5.89. The molecule has 0 unspecified atom stereocenters. The van der Waals surface area contributed by atoms with Gasteiger partial charge in [-0.3, -0.25) is 0 Å². The standard InChI is InChI=1S/C14H22N2O2/c1-10-8-12(13(17)18)11(2)16(10)9-14(15(3)4)6-5-7-14/h8H,5-7,9H2,1-4H3,(H,17,18). The molecule has 18 heavy (non-hydrogen) atoms. The largest absolute Gasteiger partial charge is 0.478 e. The third kappa shape index (κ3) is 1.94. The molecule has 1 aliphatic carbocycles. The average molecular weight is 250 g/mol. The number of aryl methyl sites for hydroxylation is 1. The molecule has 0 bridgehead atoms. The average Bonchev–Trinajstić information content (AvgIpc) is 2.49. The van der Waals surface area contributed by atoms with Crippen LogP contribution in [0.4, 0.5) is 0 Å². The molecule has 1 aromatic heterocycles. The Morgan fingerprint density at radius 2 is 2.06 bits per heavy atom. The SMILES string of the molecule is Cc1cc(C(=O)O)c(C)n1CC1(N(C)C)CCC1. The number of likely N-dealkylation sites (N-methyl/N-ethyl adjacent to an activating group) is 1. The van der Waals surface area contributed by atoms with Crippen LogP contribution in [0.15, 0.2) is 6.07 Å². The smallest absolute Gasteiger partial charge is 0.337 e. The fraction of sp³-hybridized carbons (Fsp3) is 0.643. The van der Waals surface area contributed by atoms with Crippen molar-refractivity contribution in [3.05, 3.63) is 23.0 Å². The maximum absolute atomic E-state index is 11.1. The Labute approximate surface area is 108 Å². The number of rotatable bonds is 4. The van der Waals surface area contributed by atoms with Crippen molar-refractivity contribution in [3.8, 4) is 0 Å². The van der Waals surface area contributed by atoms with Gasteiger partial charge in [0.2, 0.25) is 0 Å². The molecule has 0 amide bonds. The Bertz CT molecular complexity index is 470. The Morgan fingerprint density at radius 1 is 1.44 bits per heavy atom. The molecule has 1 N–H and O–H groups in total. The van der Waals surface area contributed by atoms with Crippen LogP contribution in [-0.4, -0.2) is 40.2 Å². The van der Waals surface area contributed by atoms with Gasteiger partial charge in [0.05, 0.1) is 5.56 Å². The van der Waals surface area contributed by atoms with Crippen molar-refractivity contribution >= 4 is 5.97 Å². The van der Waals surface area contributed by atoms with E-state index in [1.165, 1.54) is 19.3 Å². The third-order valence-corrected chi connectivity index (χ3v) is 4.49. The van der Waals surface area contributed by atoms with Gasteiger partial charge in [-0.1, -0.05) is 0 Å². The Morgan fingerprint density at radius 3 is 2.39 bits per heavy atom. The third-order valence-electron chi connectivity index (χ3n) is 4.49. The van der Waals surface area contributed by atoms with E-state index in [1.807, 2.05) is 13.8 Å². The number of hydrogen-bond acceptors (Lipinski definition) is 2. The number of carboxylic acids is 1. The summed E-state index contributed by atoms with van der Waals surface area (Å²) in [5.74, 6) is -0.832. The second kappa shape index (κ2) is 4.43. The first kappa shape index (κ1) is 13.1. The fourth-order valence-corrected chi connectivity index (χ4v) is 2.89. The zero-order valence-corrected chi connectivity index (χ0v) is 11.7. The molecule has 1 fully saturated rings. The van der Waals surface area contributed by atoms with E-state index in [2.05, 4.69) is 23.6 Å². The quantitative estimate of drug-likeness (QED) is 0.891. The van der Waals surface area contributed by atoms with E-state index in [4.69, 9.17) is 5.11 Å². The van der Waals surface area contributed by atoms with Crippen molar-refractivity contribution in [2.24, 2.45) is 0 Å². The topological polar surface area (TPSA) is 45.5 Å². The van der Waals surface area contributed by atoms with Gasteiger partial charge in [-0.15, -0.1) is 0 Å². The molecule has 0 spiro atoms. The van der Waals surface area contributed by atoms with Crippen LogP contribution in [0, 0.1) is 13.8 Å². The summed E-state index contributed by atoms with van der Waals surface area (Å²) in [6.45, 7) is 4.78. The van der Waals surface area contributed by atoms with Crippen molar-refractivity contribution in [2.45, 2.75) is 45.2 Å². The van der Waals surface area contributed by atoms with E-state index in [-0.39, 0.29) is 5.54 Å². The summed E-state index contributed by atoms with van der Waals surface area (Å²) in [6.07, 6.45) is 3.66. The van der Waals surface area contributed by atoms with Gasteiger partial charge in [-0.2, -0.15) is 0 Å². The maximum Gasteiger partial charge on any atom is 0.337 e. The summed E-state index contributed by atoms with van der Waals surface area (Å²) >= 11 is 0. The van der Waals surface area contributed by atoms with Crippen LogP contribution in [-0.2, 0) is 6.54 Å². The molecule has 2 rings (SSSR count). The van der Waals surface area contributed by atoms with E-state index in [0.29, 0.717) is 5.56 Å². The molecule has 0 aromatic carbocycles. The first-order valence-corrected chi connectivity index (χ1v) is 6.45. The van der Waals surface area contributed by atoms with E-state index in [1.54, 1.807) is 6.07 Å². The highest BCUT2D eigenvalue weighted by Gasteiger charge is 2.40. The zero-order valence-electron chi connectivity index (χ0n) is 11.7. The summed E-state index contributed by atoms with van der Waals surface area (Å²) in [5, 5.41) is 9.16. The van der Waals surface area contributed by atoms with Gasteiger partial charge in [0.25, 0.3) is 0 Å². The summed E-state index contributed by atoms with van der Waals surface area (Å²) in [4.78, 5) is 13.4. The van der Waals surface area contributed by atoms with Crippen molar-refractivity contribution in [1.29, 1.82) is 0 Å². The van der Waals surface area contributed by atoms with Gasteiger partial charge in [0.15, 0.2) is 0 Å². The van der Waals surface area contributed by atoms with Crippen LogP contribution in [0.1, 0.15) is 41.0 Å². The van der Waals surface area contributed by atoms with Crippen molar-refractivity contribution in [2.75, 3.05) is 14.1 Å².